The highest BCUT2D eigenvalue weighted by Crippen LogP contribution is 2.41. The Hall–Kier alpha value is -1.10. The van der Waals surface area contributed by atoms with Crippen molar-refractivity contribution in [1.82, 2.24) is 20.1 Å². The van der Waals surface area contributed by atoms with Crippen LogP contribution in [0.25, 0.3) is 0 Å². The molecule has 2 fully saturated rings. The molecule has 1 N–H and O–H groups in total. The van der Waals surface area contributed by atoms with Crippen molar-refractivity contribution in [3.63, 3.8) is 0 Å². The first-order chi connectivity index (χ1) is 16.0. The molecule has 0 spiro atoms. The molecule has 3 atom stereocenters. The normalized spacial score (nSPS) is 26.6. The van der Waals surface area contributed by atoms with Gasteiger partial charge in [-0.15, -0.1) is 24.8 Å². The van der Waals surface area contributed by atoms with Crippen molar-refractivity contribution in [2.24, 2.45) is 0 Å². The van der Waals surface area contributed by atoms with E-state index in [0.717, 1.165) is 52.7 Å². The molecule has 206 valence electrons. The van der Waals surface area contributed by atoms with E-state index in [1.807, 2.05) is 13.8 Å². The fourth-order valence-electron chi connectivity index (χ4n) is 5.44. The van der Waals surface area contributed by atoms with E-state index in [4.69, 9.17) is 4.74 Å². The smallest absolute Gasteiger partial charge is 0.272 e. The zero-order chi connectivity index (χ0) is 24.7. The third-order valence-electron chi connectivity index (χ3n) is 7.49. The van der Waals surface area contributed by atoms with Crippen LogP contribution >= 0.6 is 24.8 Å². The minimum absolute atomic E-state index is 0. The maximum absolute atomic E-state index is 14.0. The van der Waals surface area contributed by atoms with Gasteiger partial charge in [0.15, 0.2) is 0 Å². The Morgan fingerprint density at radius 1 is 1.28 bits per heavy atom. The summed E-state index contributed by atoms with van der Waals surface area (Å²) in [6, 6.07) is 2.33. The molecular formula is C25H41Cl2F2N5O2. The number of morpholine rings is 1. The zero-order valence-electron chi connectivity index (χ0n) is 21.9. The lowest BCUT2D eigenvalue weighted by molar-refractivity contribution is -0.121. The van der Waals surface area contributed by atoms with Crippen molar-refractivity contribution >= 4 is 36.4 Å². The Balaban J connectivity index is 0.00000228. The lowest BCUT2D eigenvalue weighted by Crippen LogP contribution is -2.62. The summed E-state index contributed by atoms with van der Waals surface area (Å²) in [7, 11) is 0. The highest BCUT2D eigenvalue weighted by molar-refractivity contribution is 5.97. The molecule has 0 unspecified atom stereocenters. The Labute approximate surface area is 226 Å². The van der Waals surface area contributed by atoms with Crippen LogP contribution < -0.4 is 10.2 Å². The number of carbonyl (C=O) groups is 1. The van der Waals surface area contributed by atoms with E-state index >= 15 is 0 Å². The van der Waals surface area contributed by atoms with Gasteiger partial charge >= 0.3 is 0 Å². The number of hydrogen-bond donors (Lipinski definition) is 1. The number of anilines is 1. The summed E-state index contributed by atoms with van der Waals surface area (Å²) < 4.78 is 33.7. The van der Waals surface area contributed by atoms with E-state index in [1.165, 1.54) is 12.3 Å². The van der Waals surface area contributed by atoms with Gasteiger partial charge in [0.2, 0.25) is 5.91 Å². The van der Waals surface area contributed by atoms with Gasteiger partial charge in [0.25, 0.3) is 5.92 Å². The predicted molar refractivity (Wildman–Crippen MR) is 143 cm³/mol. The fourth-order valence-corrected chi connectivity index (χ4v) is 5.44. The molecule has 0 bridgehead atoms. The van der Waals surface area contributed by atoms with Gasteiger partial charge in [0.05, 0.1) is 31.1 Å². The summed E-state index contributed by atoms with van der Waals surface area (Å²) in [5, 5.41) is 3.56. The third kappa shape index (κ3) is 6.66. The summed E-state index contributed by atoms with van der Waals surface area (Å²) >= 11 is 0. The molecule has 1 aromatic rings. The molecule has 2 saturated heterocycles. The van der Waals surface area contributed by atoms with Crippen LogP contribution in [0.3, 0.4) is 0 Å². The molecule has 0 radical (unpaired) electrons. The topological polar surface area (TPSA) is 60.9 Å². The Morgan fingerprint density at radius 3 is 2.67 bits per heavy atom. The van der Waals surface area contributed by atoms with Crippen LogP contribution in [0.1, 0.15) is 52.3 Å². The van der Waals surface area contributed by atoms with Gasteiger partial charge < -0.3 is 15.0 Å². The van der Waals surface area contributed by atoms with Crippen molar-refractivity contribution < 1.29 is 18.3 Å². The molecule has 0 aromatic carbocycles. The van der Waals surface area contributed by atoms with Crippen molar-refractivity contribution in [1.29, 1.82) is 0 Å². The second-order valence-electron chi connectivity index (χ2n) is 10.9. The summed E-state index contributed by atoms with van der Waals surface area (Å²) in [5.41, 5.74) is 0.685. The van der Waals surface area contributed by atoms with Crippen LogP contribution in [0.4, 0.5) is 14.5 Å². The van der Waals surface area contributed by atoms with Crippen LogP contribution in [0.5, 0.6) is 0 Å². The Morgan fingerprint density at radius 2 is 2.00 bits per heavy atom. The average molecular weight is 553 g/mol. The lowest BCUT2D eigenvalue weighted by atomic mass is 9.91. The van der Waals surface area contributed by atoms with Crippen LogP contribution in [0.2, 0.25) is 0 Å². The summed E-state index contributed by atoms with van der Waals surface area (Å²) in [6.45, 7) is 14.8. The number of piperazine rings is 1. The van der Waals surface area contributed by atoms with Gasteiger partial charge in [-0.3, -0.25) is 19.6 Å². The largest absolute Gasteiger partial charge is 0.378 e. The first-order valence-electron chi connectivity index (χ1n) is 12.5. The summed E-state index contributed by atoms with van der Waals surface area (Å²) in [5.74, 6) is -3.06. The van der Waals surface area contributed by atoms with E-state index in [1.54, 1.807) is 4.90 Å². The minimum Gasteiger partial charge on any atom is -0.378 e. The van der Waals surface area contributed by atoms with Crippen LogP contribution in [-0.4, -0.2) is 91.3 Å². The van der Waals surface area contributed by atoms with Crippen LogP contribution in [0.15, 0.2) is 12.3 Å². The van der Waals surface area contributed by atoms with E-state index in [-0.39, 0.29) is 60.3 Å². The van der Waals surface area contributed by atoms with Gasteiger partial charge in [0.1, 0.15) is 0 Å². The van der Waals surface area contributed by atoms with Crippen molar-refractivity contribution in [2.75, 3.05) is 57.4 Å². The average Bonchev–Trinajstić information content (AvgIpc) is 3.06. The fraction of sp³-hybridized carbons (Fsp3) is 0.760. The van der Waals surface area contributed by atoms with Gasteiger partial charge in [0, 0.05) is 74.9 Å². The van der Waals surface area contributed by atoms with Gasteiger partial charge in [-0.2, -0.15) is 0 Å². The standard InChI is InChI=1S/C25H39F2N5O2.2ClH/c1-6-19-15-34-8-7-30(19)13-20-11-28-17(2)12-31(20)14-22(33)32-16-24(3,4)23-21(32)9-18(10-29-23)25(5,26)27;;/h9-10,17,19-20,28H,6-8,11-16H2,1-5H3;2*1H/t17-,19-,20-;;/m1../s1. The molecule has 3 aliphatic rings. The number of amides is 1. The monoisotopic (exact) mass is 551 g/mol. The molecule has 0 aliphatic carbocycles. The van der Waals surface area contributed by atoms with Crippen molar-refractivity contribution in [3.05, 3.63) is 23.5 Å². The van der Waals surface area contributed by atoms with Gasteiger partial charge in [-0.25, -0.2) is 8.78 Å². The van der Waals surface area contributed by atoms with Gasteiger partial charge in [-0.1, -0.05) is 20.8 Å². The number of carbonyl (C=O) groups excluding carboxylic acids is 1. The highest BCUT2D eigenvalue weighted by atomic mass is 35.5. The molecule has 0 saturated carbocycles. The Kier molecular flexibility index (Phi) is 10.5. The van der Waals surface area contributed by atoms with Gasteiger partial charge in [-0.05, 0) is 19.4 Å². The number of fused-ring (bicyclic) bond motifs is 1. The summed E-state index contributed by atoms with van der Waals surface area (Å²) in [4.78, 5) is 24.4. The number of nitrogens with zero attached hydrogens (tertiary/aromatic N) is 4. The second-order valence-corrected chi connectivity index (χ2v) is 10.9. The Bertz CT molecular complexity index is 902. The van der Waals surface area contributed by atoms with Crippen LogP contribution in [0, 0.1) is 0 Å². The molecule has 11 heteroatoms. The number of ether oxygens (including phenoxy) is 1. The number of aromatic nitrogens is 1. The van der Waals surface area contributed by atoms with Crippen molar-refractivity contribution in [2.45, 2.75) is 70.5 Å². The minimum atomic E-state index is -3.00. The number of hydrogen-bond acceptors (Lipinski definition) is 6. The number of alkyl halides is 2. The predicted octanol–water partition coefficient (Wildman–Crippen LogP) is 3.43. The number of halogens is 4. The number of nitrogens with one attached hydrogen (secondary N) is 1. The SMILES string of the molecule is CC[C@@H]1COCCN1C[C@H]1CN[C@H](C)CN1CC(=O)N1CC(C)(C)c2ncc(C(C)(F)F)cc21.Cl.Cl. The lowest BCUT2D eigenvalue weighted by Gasteiger charge is -2.44. The molecule has 4 heterocycles. The second kappa shape index (κ2) is 12.2. The molecule has 4 rings (SSSR count). The molecule has 1 aromatic heterocycles. The zero-order valence-corrected chi connectivity index (χ0v) is 23.6. The molecule has 36 heavy (non-hydrogen) atoms. The van der Waals surface area contributed by atoms with E-state index in [0.29, 0.717) is 24.0 Å². The maximum atomic E-state index is 14.0. The van der Waals surface area contributed by atoms with Crippen molar-refractivity contribution in [3.8, 4) is 0 Å². The van der Waals surface area contributed by atoms with E-state index < -0.39 is 5.92 Å². The molecule has 7 nitrogen and oxygen atoms in total. The van der Waals surface area contributed by atoms with E-state index in [9.17, 15) is 13.6 Å². The first kappa shape index (κ1) is 31.1. The maximum Gasteiger partial charge on any atom is 0.272 e. The molecular weight excluding hydrogens is 511 g/mol. The number of rotatable bonds is 6. The number of pyridine rings is 1. The quantitative estimate of drug-likeness (QED) is 0.584. The molecule has 1 amide bonds. The summed E-state index contributed by atoms with van der Waals surface area (Å²) in [6.07, 6.45) is 2.28. The third-order valence-corrected chi connectivity index (χ3v) is 7.49. The van der Waals surface area contributed by atoms with Crippen LogP contribution in [-0.2, 0) is 20.9 Å². The van der Waals surface area contributed by atoms with E-state index in [2.05, 4.69) is 33.9 Å². The first-order valence-corrected chi connectivity index (χ1v) is 12.5. The highest BCUT2D eigenvalue weighted by Gasteiger charge is 2.42. The molecule has 3 aliphatic heterocycles.